The molecule has 0 aliphatic heterocycles. The number of sulfone groups is 1. The first-order valence-electron chi connectivity index (χ1n) is 14.6. The van der Waals surface area contributed by atoms with Gasteiger partial charge in [0, 0.05) is 29.6 Å². The van der Waals surface area contributed by atoms with Crippen LogP contribution in [0.3, 0.4) is 0 Å². The van der Waals surface area contributed by atoms with Crippen LogP contribution in [0.4, 0.5) is 23.2 Å². The third-order valence-corrected chi connectivity index (χ3v) is 10.6. The standard InChI is InChI=1S/C30H34F4N2O8S/c1-14-6-8-16(9-7-14)44-23-12-18(22(43-2)13-21(23)31)28(39)36-25-20-11-19(26(37)27(20)38)24(25)29(40)35-15-4-3-5-17(10-15)45(41,42)30(32,33)34/h3-5,10,12-14,16,19-20,24-27,37-38H,6-9,11H2,1-2H3,(H,35,40)(H,36,39)/t14?,16?,19-,20+,24+,25-,26-,27+/m1/s1. The van der Waals surface area contributed by atoms with Gasteiger partial charge in [0.25, 0.3) is 15.7 Å². The maximum atomic E-state index is 14.9. The van der Waals surface area contributed by atoms with Gasteiger partial charge in [-0.15, -0.1) is 0 Å². The van der Waals surface area contributed by atoms with Crippen molar-refractivity contribution >= 4 is 27.3 Å². The summed E-state index contributed by atoms with van der Waals surface area (Å²) in [5, 5.41) is 26.3. The number of rotatable bonds is 8. The highest BCUT2D eigenvalue weighted by Crippen LogP contribution is 2.49. The quantitative estimate of drug-likeness (QED) is 0.313. The van der Waals surface area contributed by atoms with Crippen molar-refractivity contribution in [2.75, 3.05) is 12.4 Å². The van der Waals surface area contributed by atoms with E-state index in [1.807, 2.05) is 0 Å². The zero-order valence-electron chi connectivity index (χ0n) is 24.4. The van der Waals surface area contributed by atoms with E-state index in [9.17, 15) is 45.8 Å². The predicted octanol–water partition coefficient (Wildman–Crippen LogP) is 3.81. The molecular weight excluding hydrogens is 624 g/mol. The Kier molecular flexibility index (Phi) is 9.08. The number of anilines is 1. The van der Waals surface area contributed by atoms with Crippen LogP contribution in [0, 0.1) is 29.5 Å². The number of halogens is 4. The van der Waals surface area contributed by atoms with Gasteiger partial charge in [-0.3, -0.25) is 9.59 Å². The predicted molar refractivity (Wildman–Crippen MR) is 152 cm³/mol. The van der Waals surface area contributed by atoms with Crippen LogP contribution in [0.15, 0.2) is 41.3 Å². The number of carbonyl (C=O) groups is 2. The summed E-state index contributed by atoms with van der Waals surface area (Å²) >= 11 is 0. The fourth-order valence-electron chi connectivity index (χ4n) is 6.73. The molecule has 0 radical (unpaired) electrons. The molecule has 10 nitrogen and oxygen atoms in total. The number of ether oxygens (including phenoxy) is 2. The Hall–Kier alpha value is -3.43. The van der Waals surface area contributed by atoms with Crippen LogP contribution in [0.2, 0.25) is 0 Å². The van der Waals surface area contributed by atoms with Gasteiger partial charge in [0.05, 0.1) is 41.8 Å². The number of fused-ring (bicyclic) bond motifs is 2. The monoisotopic (exact) mass is 658 g/mol. The molecule has 0 unspecified atom stereocenters. The summed E-state index contributed by atoms with van der Waals surface area (Å²) < 4.78 is 89.0. The maximum absolute atomic E-state index is 14.9. The molecule has 2 aromatic rings. The van der Waals surface area contributed by atoms with Crippen LogP contribution >= 0.6 is 0 Å². The Balaban J connectivity index is 1.38. The molecule has 6 atom stereocenters. The molecule has 3 aliphatic rings. The van der Waals surface area contributed by atoms with Gasteiger partial charge < -0.3 is 30.3 Å². The van der Waals surface area contributed by atoms with Crippen LogP contribution in [0.5, 0.6) is 11.5 Å². The van der Waals surface area contributed by atoms with Crippen LogP contribution < -0.4 is 20.1 Å². The normalized spacial score (nSPS) is 29.7. The lowest BCUT2D eigenvalue weighted by Gasteiger charge is -2.36. The molecule has 5 rings (SSSR count). The lowest BCUT2D eigenvalue weighted by atomic mass is 9.80. The Morgan fingerprint density at radius 2 is 1.64 bits per heavy atom. The van der Waals surface area contributed by atoms with E-state index in [0.717, 1.165) is 43.9 Å². The van der Waals surface area contributed by atoms with Gasteiger partial charge in [0.15, 0.2) is 11.6 Å². The van der Waals surface area contributed by atoms with Crippen molar-refractivity contribution in [3.8, 4) is 11.5 Å². The molecule has 3 saturated carbocycles. The number of nitrogens with one attached hydrogen (secondary N) is 2. The fourth-order valence-corrected chi connectivity index (χ4v) is 7.54. The van der Waals surface area contributed by atoms with Crippen LogP contribution in [0.1, 0.15) is 49.4 Å². The zero-order valence-corrected chi connectivity index (χ0v) is 25.2. The first kappa shape index (κ1) is 32.9. The second-order valence-electron chi connectivity index (χ2n) is 12.0. The summed E-state index contributed by atoms with van der Waals surface area (Å²) in [7, 11) is -4.45. The highest BCUT2D eigenvalue weighted by molar-refractivity contribution is 7.92. The maximum Gasteiger partial charge on any atom is 0.501 e. The lowest BCUT2D eigenvalue weighted by molar-refractivity contribution is -0.127. The van der Waals surface area contributed by atoms with E-state index in [0.29, 0.717) is 12.0 Å². The molecule has 3 aliphatic carbocycles. The highest BCUT2D eigenvalue weighted by atomic mass is 32.2. The second kappa shape index (κ2) is 12.4. The number of hydrogen-bond donors (Lipinski definition) is 4. The molecule has 15 heteroatoms. The summed E-state index contributed by atoms with van der Waals surface area (Å²) in [4.78, 5) is 26.0. The van der Waals surface area contributed by atoms with Crippen molar-refractivity contribution in [2.24, 2.45) is 23.7 Å². The number of benzene rings is 2. The molecule has 246 valence electrons. The minimum absolute atomic E-state index is 0.0971. The number of methoxy groups -OCH3 is 1. The average molecular weight is 659 g/mol. The lowest BCUT2D eigenvalue weighted by Crippen LogP contribution is -2.55. The third-order valence-electron chi connectivity index (χ3n) is 9.15. The summed E-state index contributed by atoms with van der Waals surface area (Å²) in [6.45, 7) is 2.13. The molecule has 0 saturated heterocycles. The molecule has 2 aromatic carbocycles. The summed E-state index contributed by atoms with van der Waals surface area (Å²) in [5.74, 6) is -4.81. The molecule has 0 aromatic heterocycles. The summed E-state index contributed by atoms with van der Waals surface area (Å²) in [5.41, 5.74) is -5.91. The van der Waals surface area contributed by atoms with E-state index in [1.54, 1.807) is 0 Å². The minimum Gasteiger partial charge on any atom is -0.496 e. The molecule has 45 heavy (non-hydrogen) atoms. The van der Waals surface area contributed by atoms with E-state index in [2.05, 4.69) is 17.6 Å². The van der Waals surface area contributed by atoms with Crippen molar-refractivity contribution < 1.29 is 55.3 Å². The van der Waals surface area contributed by atoms with Crippen molar-refractivity contribution in [1.29, 1.82) is 0 Å². The number of amides is 2. The fraction of sp³-hybridized carbons (Fsp3) is 0.533. The van der Waals surface area contributed by atoms with E-state index < -0.39 is 73.9 Å². The van der Waals surface area contributed by atoms with Gasteiger partial charge in [-0.2, -0.15) is 13.2 Å². The molecule has 0 spiro atoms. The summed E-state index contributed by atoms with van der Waals surface area (Å²) in [6.07, 6.45) is 0.577. The third kappa shape index (κ3) is 6.34. The largest absolute Gasteiger partial charge is 0.501 e. The Morgan fingerprint density at radius 3 is 2.29 bits per heavy atom. The van der Waals surface area contributed by atoms with Crippen molar-refractivity contribution in [3.63, 3.8) is 0 Å². The van der Waals surface area contributed by atoms with Gasteiger partial charge in [-0.25, -0.2) is 12.8 Å². The smallest absolute Gasteiger partial charge is 0.496 e. The van der Waals surface area contributed by atoms with Crippen molar-refractivity contribution in [1.82, 2.24) is 5.32 Å². The molecule has 3 fully saturated rings. The Bertz CT molecular complexity index is 1560. The second-order valence-corrected chi connectivity index (χ2v) is 14.0. The minimum atomic E-state index is -5.69. The van der Waals surface area contributed by atoms with Crippen LogP contribution in [-0.2, 0) is 14.6 Å². The zero-order chi connectivity index (χ0) is 32.8. The Labute approximate surface area is 257 Å². The number of hydrogen-bond acceptors (Lipinski definition) is 8. The van der Waals surface area contributed by atoms with Crippen molar-refractivity contribution in [2.45, 2.75) is 73.8 Å². The van der Waals surface area contributed by atoms with Gasteiger partial charge in [-0.05, 0) is 62.3 Å². The SMILES string of the molecule is COc1cc(F)c(OC2CCC(C)CC2)cc1C(=O)N[C@@H]1[C@@H]2C[C@@H]([C@@H](O)[C@H]2O)[C@@H]1C(=O)Nc1cccc(S(=O)(=O)C(F)(F)F)c1. The van der Waals surface area contributed by atoms with Gasteiger partial charge in [0.1, 0.15) is 5.75 Å². The number of carbonyl (C=O) groups excluding carboxylic acids is 2. The van der Waals surface area contributed by atoms with E-state index in [-0.39, 0.29) is 35.3 Å². The molecule has 2 amide bonds. The van der Waals surface area contributed by atoms with Crippen LogP contribution in [0.25, 0.3) is 0 Å². The first-order valence-corrected chi connectivity index (χ1v) is 16.0. The molecule has 0 heterocycles. The average Bonchev–Trinajstić information content (AvgIpc) is 3.49. The molecule has 2 bridgehead atoms. The highest BCUT2D eigenvalue weighted by Gasteiger charge is 2.60. The summed E-state index contributed by atoms with van der Waals surface area (Å²) in [6, 6.07) is 4.79. The number of aliphatic hydroxyl groups excluding tert-OH is 2. The molecule has 4 N–H and O–H groups in total. The number of aliphatic hydroxyl groups is 2. The molecular formula is C30H34F4N2O8S. The van der Waals surface area contributed by atoms with E-state index in [4.69, 9.17) is 9.47 Å². The van der Waals surface area contributed by atoms with Gasteiger partial charge in [-0.1, -0.05) is 13.0 Å². The van der Waals surface area contributed by atoms with E-state index in [1.165, 1.54) is 19.2 Å². The van der Waals surface area contributed by atoms with Crippen LogP contribution in [-0.4, -0.2) is 67.4 Å². The first-order chi connectivity index (χ1) is 21.1. The Morgan fingerprint density at radius 1 is 0.978 bits per heavy atom. The van der Waals surface area contributed by atoms with Gasteiger partial charge >= 0.3 is 5.51 Å². The van der Waals surface area contributed by atoms with E-state index >= 15 is 0 Å². The van der Waals surface area contributed by atoms with Crippen molar-refractivity contribution in [3.05, 3.63) is 47.8 Å². The van der Waals surface area contributed by atoms with Gasteiger partial charge in [0.2, 0.25) is 5.91 Å². The number of alkyl halides is 3. The topological polar surface area (TPSA) is 151 Å².